The van der Waals surface area contributed by atoms with Gasteiger partial charge in [0.1, 0.15) is 0 Å². The Balaban J connectivity index is 0.00000182. The fourth-order valence-electron chi connectivity index (χ4n) is 3.49. The van der Waals surface area contributed by atoms with E-state index in [2.05, 4.69) is 15.5 Å². The first-order chi connectivity index (χ1) is 11.9. The number of likely N-dealkylation sites (tertiary alicyclic amines) is 1. The Hall–Kier alpha value is -0.660. The first-order valence-electron chi connectivity index (χ1n) is 8.78. The Labute approximate surface area is 176 Å². The number of nitrogens with zero attached hydrogens (tertiary/aromatic N) is 1. The van der Waals surface area contributed by atoms with Crippen molar-refractivity contribution in [3.05, 3.63) is 34.9 Å². The molecule has 1 amide bonds. The summed E-state index contributed by atoms with van der Waals surface area (Å²) in [5.41, 5.74) is 1.13. The molecule has 0 aromatic heterocycles. The van der Waals surface area contributed by atoms with Gasteiger partial charge >= 0.3 is 0 Å². The van der Waals surface area contributed by atoms with Gasteiger partial charge in [-0.05, 0) is 43.5 Å². The third kappa shape index (κ3) is 7.02. The highest BCUT2D eigenvalue weighted by Crippen LogP contribution is 2.25. The van der Waals surface area contributed by atoms with Gasteiger partial charge in [-0.2, -0.15) is 0 Å². The van der Waals surface area contributed by atoms with Crippen molar-refractivity contribution in [2.45, 2.75) is 37.8 Å². The molecule has 1 aromatic carbocycles. The Kier molecular flexibility index (Phi) is 9.72. The zero-order valence-corrected chi connectivity index (χ0v) is 17.3. The molecule has 0 radical (unpaired) electrons. The van der Waals surface area contributed by atoms with Crippen LogP contribution >= 0.6 is 36.4 Å². The second-order valence-corrected chi connectivity index (χ2v) is 7.46. The van der Waals surface area contributed by atoms with E-state index in [4.69, 9.17) is 11.6 Å². The van der Waals surface area contributed by atoms with E-state index in [1.54, 1.807) is 0 Å². The molecule has 2 aliphatic heterocycles. The average molecular weight is 445 g/mol. The number of hydrogen-bond donors (Lipinski definition) is 2. The topological polar surface area (TPSA) is 44.4 Å². The van der Waals surface area contributed by atoms with E-state index < -0.39 is 24.9 Å². The van der Waals surface area contributed by atoms with E-state index in [0.29, 0.717) is 12.5 Å². The lowest BCUT2D eigenvalue weighted by Crippen LogP contribution is -2.44. The molecule has 9 heteroatoms. The highest BCUT2D eigenvalue weighted by Gasteiger charge is 2.42. The van der Waals surface area contributed by atoms with Crippen molar-refractivity contribution in [3.8, 4) is 0 Å². The fourth-order valence-corrected chi connectivity index (χ4v) is 3.68. The van der Waals surface area contributed by atoms with Crippen molar-refractivity contribution >= 4 is 42.3 Å². The minimum absolute atomic E-state index is 0. The van der Waals surface area contributed by atoms with Gasteiger partial charge < -0.3 is 5.32 Å². The van der Waals surface area contributed by atoms with E-state index >= 15 is 0 Å². The molecule has 0 spiro atoms. The summed E-state index contributed by atoms with van der Waals surface area (Å²) in [6, 6.07) is 7.09. The monoisotopic (exact) mass is 443 g/mol. The van der Waals surface area contributed by atoms with Crippen molar-refractivity contribution in [1.29, 1.82) is 0 Å². The standard InChI is InChI=1S/C18H24ClF2N3O.2ClH/c19-15-4-2-1-3-14(15)11-24-7-5-13(6-8-24)10-22-17(25)16-9-18(20,21)12-23-16;;/h1-4,13,16,23H,5-12H2,(H,22,25);2*1H. The van der Waals surface area contributed by atoms with Gasteiger partial charge in [0, 0.05) is 24.5 Å². The number of benzene rings is 1. The van der Waals surface area contributed by atoms with Gasteiger partial charge in [-0.25, -0.2) is 8.78 Å². The Morgan fingerprint density at radius 2 is 1.93 bits per heavy atom. The lowest BCUT2D eigenvalue weighted by atomic mass is 9.96. The highest BCUT2D eigenvalue weighted by molar-refractivity contribution is 6.31. The van der Waals surface area contributed by atoms with E-state index in [1.165, 1.54) is 0 Å². The molecule has 3 rings (SSSR count). The molecule has 0 saturated carbocycles. The molecule has 27 heavy (non-hydrogen) atoms. The van der Waals surface area contributed by atoms with E-state index in [9.17, 15) is 13.6 Å². The summed E-state index contributed by atoms with van der Waals surface area (Å²) in [5.74, 6) is -2.68. The third-order valence-corrected chi connectivity index (χ3v) is 5.42. The van der Waals surface area contributed by atoms with Gasteiger partial charge in [0.2, 0.25) is 5.91 Å². The molecular formula is C18H26Cl3F2N3O. The van der Waals surface area contributed by atoms with E-state index in [1.807, 2.05) is 24.3 Å². The van der Waals surface area contributed by atoms with Crippen LogP contribution in [0, 0.1) is 5.92 Å². The predicted octanol–water partition coefficient (Wildman–Crippen LogP) is 3.51. The number of hydrogen-bond acceptors (Lipinski definition) is 3. The SMILES string of the molecule is Cl.Cl.O=C(NCC1CCN(Cc2ccccc2Cl)CC1)C1CC(F)(F)CN1. The molecule has 1 aromatic rings. The highest BCUT2D eigenvalue weighted by atomic mass is 35.5. The van der Waals surface area contributed by atoms with Crippen LogP contribution in [0.3, 0.4) is 0 Å². The number of halogens is 5. The molecule has 1 atom stereocenters. The molecule has 2 N–H and O–H groups in total. The van der Waals surface area contributed by atoms with Gasteiger partial charge in [-0.1, -0.05) is 29.8 Å². The Morgan fingerprint density at radius 1 is 1.26 bits per heavy atom. The second-order valence-electron chi connectivity index (χ2n) is 7.05. The largest absolute Gasteiger partial charge is 0.354 e. The number of alkyl halides is 2. The first-order valence-corrected chi connectivity index (χ1v) is 9.15. The van der Waals surface area contributed by atoms with Gasteiger partial charge in [0.25, 0.3) is 5.92 Å². The summed E-state index contributed by atoms with van der Waals surface area (Å²) < 4.78 is 26.3. The van der Waals surface area contributed by atoms with Crippen molar-refractivity contribution in [1.82, 2.24) is 15.5 Å². The molecule has 2 heterocycles. The maximum Gasteiger partial charge on any atom is 0.262 e. The quantitative estimate of drug-likeness (QED) is 0.730. The van der Waals surface area contributed by atoms with Crippen LogP contribution in [0.2, 0.25) is 5.02 Å². The zero-order valence-electron chi connectivity index (χ0n) is 14.9. The number of carbonyl (C=O) groups excluding carboxylic acids is 1. The zero-order chi connectivity index (χ0) is 17.9. The maximum atomic E-state index is 13.1. The number of nitrogens with one attached hydrogen (secondary N) is 2. The van der Waals surface area contributed by atoms with Crippen LogP contribution in [0.15, 0.2) is 24.3 Å². The van der Waals surface area contributed by atoms with Crippen LogP contribution < -0.4 is 10.6 Å². The van der Waals surface area contributed by atoms with Crippen LogP contribution in [-0.4, -0.2) is 49.0 Å². The smallest absolute Gasteiger partial charge is 0.262 e. The van der Waals surface area contributed by atoms with Crippen LogP contribution in [-0.2, 0) is 11.3 Å². The van der Waals surface area contributed by atoms with Crippen LogP contribution in [0.4, 0.5) is 8.78 Å². The number of carbonyl (C=O) groups is 1. The van der Waals surface area contributed by atoms with Crippen molar-refractivity contribution in [2.75, 3.05) is 26.2 Å². The molecule has 0 aliphatic carbocycles. The van der Waals surface area contributed by atoms with Gasteiger partial charge in [0.15, 0.2) is 0 Å². The average Bonchev–Trinajstić information content (AvgIpc) is 2.96. The van der Waals surface area contributed by atoms with Gasteiger partial charge in [-0.15, -0.1) is 24.8 Å². The van der Waals surface area contributed by atoms with Crippen molar-refractivity contribution in [2.24, 2.45) is 5.92 Å². The lowest BCUT2D eigenvalue weighted by Gasteiger charge is -2.32. The summed E-state index contributed by atoms with van der Waals surface area (Å²) in [6.07, 6.45) is 1.56. The van der Waals surface area contributed by atoms with E-state index in [-0.39, 0.29) is 30.7 Å². The van der Waals surface area contributed by atoms with E-state index in [0.717, 1.165) is 43.1 Å². The predicted molar refractivity (Wildman–Crippen MR) is 108 cm³/mol. The molecule has 1 unspecified atom stereocenters. The molecule has 4 nitrogen and oxygen atoms in total. The normalized spacial score (nSPS) is 22.6. The summed E-state index contributed by atoms with van der Waals surface area (Å²) in [5, 5.41) is 6.21. The summed E-state index contributed by atoms with van der Waals surface area (Å²) in [6.45, 7) is 2.88. The maximum absolute atomic E-state index is 13.1. The molecule has 2 aliphatic rings. The minimum atomic E-state index is -2.77. The molecule has 2 fully saturated rings. The third-order valence-electron chi connectivity index (χ3n) is 5.05. The number of rotatable bonds is 5. The Morgan fingerprint density at radius 3 is 2.52 bits per heavy atom. The molecule has 154 valence electrons. The number of piperidine rings is 1. The van der Waals surface area contributed by atoms with Crippen molar-refractivity contribution < 1.29 is 13.6 Å². The summed E-state index contributed by atoms with van der Waals surface area (Å²) in [4.78, 5) is 14.3. The van der Waals surface area contributed by atoms with Gasteiger partial charge in [-0.3, -0.25) is 15.0 Å². The molecule has 2 saturated heterocycles. The lowest BCUT2D eigenvalue weighted by molar-refractivity contribution is -0.123. The fraction of sp³-hybridized carbons (Fsp3) is 0.611. The first kappa shape index (κ1) is 24.4. The van der Waals surface area contributed by atoms with Gasteiger partial charge in [0.05, 0.1) is 12.6 Å². The summed E-state index contributed by atoms with van der Waals surface area (Å²) >= 11 is 6.21. The molecule has 0 bridgehead atoms. The molecular weight excluding hydrogens is 419 g/mol. The van der Waals surface area contributed by atoms with Crippen molar-refractivity contribution in [3.63, 3.8) is 0 Å². The second kappa shape index (κ2) is 10.8. The van der Waals surface area contributed by atoms with Crippen LogP contribution in [0.1, 0.15) is 24.8 Å². The van der Waals surface area contributed by atoms with Crippen LogP contribution in [0.25, 0.3) is 0 Å². The Bertz CT molecular complexity index is 613. The van der Waals surface area contributed by atoms with Crippen LogP contribution in [0.5, 0.6) is 0 Å². The minimum Gasteiger partial charge on any atom is -0.354 e. The summed E-state index contributed by atoms with van der Waals surface area (Å²) in [7, 11) is 0. The number of amides is 1.